The molecule has 0 bridgehead atoms. The maximum Gasteiger partial charge on any atom is 0.225 e. The van der Waals surface area contributed by atoms with Crippen LogP contribution in [0.15, 0.2) is 24.3 Å². The van der Waals surface area contributed by atoms with E-state index in [-0.39, 0.29) is 17.4 Å². The van der Waals surface area contributed by atoms with Crippen LogP contribution in [0.5, 0.6) is 0 Å². The number of aliphatic hydroxyl groups is 1. The van der Waals surface area contributed by atoms with Crippen LogP contribution in [0.1, 0.15) is 38.3 Å². The average Bonchev–Trinajstić information content (AvgIpc) is 2.81. The van der Waals surface area contributed by atoms with E-state index in [9.17, 15) is 9.90 Å². The molecular formula is C17H26N2O2. The molecule has 1 aromatic carbocycles. The maximum atomic E-state index is 12.0. The molecule has 21 heavy (non-hydrogen) atoms. The topological polar surface area (TPSA) is 52.6 Å². The van der Waals surface area contributed by atoms with Gasteiger partial charge < -0.3 is 10.4 Å². The van der Waals surface area contributed by atoms with Crippen molar-refractivity contribution in [1.29, 1.82) is 0 Å². The molecule has 1 heterocycles. The van der Waals surface area contributed by atoms with Crippen LogP contribution in [0, 0.1) is 5.41 Å². The standard InChI is InChI=1S/C17H26N2O2/c1-17(2,3)16(21)18-10-13-6-4-5-7-14(13)11-19-9-8-15(20)12-19/h4-7,15,20H,8-12H2,1-3H3,(H,18,21)/t15-/m1/s1. The monoisotopic (exact) mass is 290 g/mol. The molecule has 0 spiro atoms. The Labute approximate surface area is 127 Å². The third-order valence-corrected chi connectivity index (χ3v) is 3.88. The van der Waals surface area contributed by atoms with Gasteiger partial charge in [-0.2, -0.15) is 0 Å². The Morgan fingerprint density at radius 3 is 2.57 bits per heavy atom. The minimum Gasteiger partial charge on any atom is -0.392 e. The normalized spacial score (nSPS) is 19.7. The third kappa shape index (κ3) is 4.55. The van der Waals surface area contributed by atoms with E-state index in [2.05, 4.69) is 22.3 Å². The first-order valence-corrected chi connectivity index (χ1v) is 7.62. The van der Waals surface area contributed by atoms with Crippen LogP contribution >= 0.6 is 0 Å². The smallest absolute Gasteiger partial charge is 0.225 e. The summed E-state index contributed by atoms with van der Waals surface area (Å²) in [6, 6.07) is 8.19. The molecule has 4 nitrogen and oxygen atoms in total. The highest BCUT2D eigenvalue weighted by Gasteiger charge is 2.22. The molecule has 2 rings (SSSR count). The Balaban J connectivity index is 1.98. The molecule has 2 N–H and O–H groups in total. The average molecular weight is 290 g/mol. The third-order valence-electron chi connectivity index (χ3n) is 3.88. The fraction of sp³-hybridized carbons (Fsp3) is 0.588. The van der Waals surface area contributed by atoms with Crippen molar-refractivity contribution in [3.63, 3.8) is 0 Å². The highest BCUT2D eigenvalue weighted by atomic mass is 16.3. The quantitative estimate of drug-likeness (QED) is 0.891. The Morgan fingerprint density at radius 1 is 1.33 bits per heavy atom. The van der Waals surface area contributed by atoms with Gasteiger partial charge in [0.15, 0.2) is 0 Å². The summed E-state index contributed by atoms with van der Waals surface area (Å²) in [6.07, 6.45) is 0.654. The molecule has 116 valence electrons. The van der Waals surface area contributed by atoms with Crippen LogP contribution in [0.25, 0.3) is 0 Å². The molecule has 1 aliphatic heterocycles. The molecule has 1 atom stereocenters. The number of benzene rings is 1. The van der Waals surface area contributed by atoms with E-state index < -0.39 is 0 Å². The van der Waals surface area contributed by atoms with Crippen molar-refractivity contribution >= 4 is 5.91 Å². The predicted molar refractivity (Wildman–Crippen MR) is 83.6 cm³/mol. The van der Waals surface area contributed by atoms with E-state index in [0.717, 1.165) is 31.6 Å². The van der Waals surface area contributed by atoms with Crippen molar-refractivity contribution in [3.05, 3.63) is 35.4 Å². The lowest BCUT2D eigenvalue weighted by Gasteiger charge is -2.20. The molecule has 4 heteroatoms. The van der Waals surface area contributed by atoms with Gasteiger partial charge in [0.1, 0.15) is 0 Å². The summed E-state index contributed by atoms with van der Waals surface area (Å²) < 4.78 is 0. The molecule has 0 aromatic heterocycles. The molecule has 0 unspecified atom stereocenters. The SMILES string of the molecule is CC(C)(C)C(=O)NCc1ccccc1CN1CC[C@@H](O)C1. The Hall–Kier alpha value is -1.39. The highest BCUT2D eigenvalue weighted by Crippen LogP contribution is 2.17. The largest absolute Gasteiger partial charge is 0.392 e. The van der Waals surface area contributed by atoms with Crippen LogP contribution < -0.4 is 5.32 Å². The Morgan fingerprint density at radius 2 is 2.00 bits per heavy atom. The van der Waals surface area contributed by atoms with Crippen LogP contribution in [-0.2, 0) is 17.9 Å². The summed E-state index contributed by atoms with van der Waals surface area (Å²) in [5, 5.41) is 12.6. The van der Waals surface area contributed by atoms with Gasteiger partial charge in [0, 0.05) is 31.6 Å². The first-order valence-electron chi connectivity index (χ1n) is 7.62. The lowest BCUT2D eigenvalue weighted by atomic mass is 9.95. The number of amides is 1. The van der Waals surface area contributed by atoms with Crippen molar-refractivity contribution in [2.24, 2.45) is 5.41 Å². The molecular weight excluding hydrogens is 264 g/mol. The molecule has 1 fully saturated rings. The molecule has 0 saturated carbocycles. The van der Waals surface area contributed by atoms with Gasteiger partial charge in [-0.1, -0.05) is 45.0 Å². The number of hydrogen-bond acceptors (Lipinski definition) is 3. The summed E-state index contributed by atoms with van der Waals surface area (Å²) in [6.45, 7) is 8.81. The van der Waals surface area contributed by atoms with E-state index in [4.69, 9.17) is 0 Å². The number of nitrogens with one attached hydrogen (secondary N) is 1. The minimum absolute atomic E-state index is 0.0638. The van der Waals surface area contributed by atoms with Crippen molar-refractivity contribution in [2.45, 2.75) is 46.4 Å². The predicted octanol–water partition coefficient (Wildman–Crippen LogP) is 1.92. The van der Waals surface area contributed by atoms with Crippen LogP contribution in [0.2, 0.25) is 0 Å². The fourth-order valence-corrected chi connectivity index (χ4v) is 2.52. The van der Waals surface area contributed by atoms with Gasteiger partial charge in [-0.3, -0.25) is 9.69 Å². The molecule has 1 aliphatic rings. The second-order valence-corrected chi connectivity index (χ2v) is 6.88. The molecule has 1 saturated heterocycles. The number of hydrogen-bond donors (Lipinski definition) is 2. The van der Waals surface area contributed by atoms with Gasteiger partial charge in [-0.25, -0.2) is 0 Å². The summed E-state index contributed by atoms with van der Waals surface area (Å²) >= 11 is 0. The molecule has 0 radical (unpaired) electrons. The first-order chi connectivity index (χ1) is 9.86. The van der Waals surface area contributed by atoms with Crippen molar-refractivity contribution in [1.82, 2.24) is 10.2 Å². The second kappa shape index (κ2) is 6.58. The number of carbonyl (C=O) groups is 1. The number of likely N-dealkylation sites (tertiary alicyclic amines) is 1. The van der Waals surface area contributed by atoms with Gasteiger partial charge in [0.2, 0.25) is 5.91 Å². The summed E-state index contributed by atoms with van der Waals surface area (Å²) in [5.74, 6) is 0.0638. The fourth-order valence-electron chi connectivity index (χ4n) is 2.52. The minimum atomic E-state index is -0.367. The lowest BCUT2D eigenvalue weighted by molar-refractivity contribution is -0.128. The Kier molecular flexibility index (Phi) is 5.01. The zero-order valence-electron chi connectivity index (χ0n) is 13.2. The van der Waals surface area contributed by atoms with Gasteiger partial charge in [-0.05, 0) is 17.5 Å². The zero-order chi connectivity index (χ0) is 15.5. The van der Waals surface area contributed by atoms with Crippen LogP contribution in [0.4, 0.5) is 0 Å². The summed E-state index contributed by atoms with van der Waals surface area (Å²) in [4.78, 5) is 14.2. The van der Waals surface area contributed by atoms with Crippen molar-refractivity contribution < 1.29 is 9.90 Å². The summed E-state index contributed by atoms with van der Waals surface area (Å²) in [5.41, 5.74) is 2.01. The van der Waals surface area contributed by atoms with E-state index >= 15 is 0 Å². The van der Waals surface area contributed by atoms with Gasteiger partial charge in [0.05, 0.1) is 6.10 Å². The van der Waals surface area contributed by atoms with Gasteiger partial charge in [-0.15, -0.1) is 0 Å². The Bertz CT molecular complexity index is 494. The first kappa shape index (κ1) is 16.0. The van der Waals surface area contributed by atoms with Gasteiger partial charge >= 0.3 is 0 Å². The number of carbonyl (C=O) groups excluding carboxylic acids is 1. The lowest BCUT2D eigenvalue weighted by Crippen LogP contribution is -2.34. The maximum absolute atomic E-state index is 12.0. The van der Waals surface area contributed by atoms with Crippen LogP contribution in [0.3, 0.4) is 0 Å². The number of rotatable bonds is 4. The number of nitrogens with zero attached hydrogens (tertiary/aromatic N) is 1. The van der Waals surface area contributed by atoms with Crippen molar-refractivity contribution in [3.8, 4) is 0 Å². The van der Waals surface area contributed by atoms with E-state index in [1.807, 2.05) is 32.9 Å². The second-order valence-electron chi connectivity index (χ2n) is 6.88. The highest BCUT2D eigenvalue weighted by molar-refractivity contribution is 5.81. The van der Waals surface area contributed by atoms with E-state index in [1.54, 1.807) is 0 Å². The van der Waals surface area contributed by atoms with Crippen molar-refractivity contribution in [2.75, 3.05) is 13.1 Å². The number of aliphatic hydroxyl groups excluding tert-OH is 1. The van der Waals surface area contributed by atoms with E-state index in [1.165, 1.54) is 5.56 Å². The zero-order valence-corrected chi connectivity index (χ0v) is 13.2. The molecule has 1 amide bonds. The van der Waals surface area contributed by atoms with E-state index in [0.29, 0.717) is 6.54 Å². The van der Waals surface area contributed by atoms with Crippen LogP contribution in [-0.4, -0.2) is 35.1 Å². The molecule has 1 aromatic rings. The van der Waals surface area contributed by atoms with Gasteiger partial charge in [0.25, 0.3) is 0 Å². The summed E-state index contributed by atoms with van der Waals surface area (Å²) in [7, 11) is 0. The molecule has 0 aliphatic carbocycles. The number of β-amino-alcohol motifs (C(OH)–C–C–N with tert-alkyl or cyclic N) is 1.